The average molecular weight is 402 g/mol. The van der Waals surface area contributed by atoms with Gasteiger partial charge in [0.05, 0.1) is 12.7 Å². The van der Waals surface area contributed by atoms with Crippen LogP contribution in [0.1, 0.15) is 47.5 Å². The number of piperidine rings is 1. The molecule has 3 unspecified atom stereocenters. The lowest BCUT2D eigenvalue weighted by Gasteiger charge is -2.37. The lowest BCUT2D eigenvalue weighted by Crippen LogP contribution is -2.44. The predicted octanol–water partition coefficient (Wildman–Crippen LogP) is 5.89. The van der Waals surface area contributed by atoms with Crippen LogP contribution in [0.3, 0.4) is 0 Å². The Hall–Kier alpha value is -0.320. The number of nitrogens with zero attached hydrogens (tertiary/aromatic N) is 1. The number of benzene rings is 1. The molecule has 1 aromatic rings. The van der Waals surface area contributed by atoms with Crippen LogP contribution in [-0.2, 0) is 9.47 Å². The molecule has 3 nitrogen and oxygen atoms in total. The number of hydrogen-bond acceptors (Lipinski definition) is 3. The molecule has 2 aliphatic rings. The molecule has 0 bridgehead atoms. The van der Waals surface area contributed by atoms with E-state index in [-0.39, 0.29) is 11.5 Å². The normalized spacial score (nSPS) is 30.0. The van der Waals surface area contributed by atoms with Gasteiger partial charge in [0.25, 0.3) is 0 Å². The maximum Gasteiger partial charge on any atom is 0.170 e. The van der Waals surface area contributed by atoms with Crippen LogP contribution >= 0.6 is 23.2 Å². The van der Waals surface area contributed by atoms with Crippen molar-refractivity contribution in [1.82, 2.24) is 4.90 Å². The molecule has 2 aliphatic heterocycles. The molecule has 0 spiro atoms. The predicted molar refractivity (Wildman–Crippen MR) is 110 cm³/mol. The van der Waals surface area contributed by atoms with Crippen LogP contribution in [0, 0.1) is 11.3 Å². The van der Waals surface area contributed by atoms with E-state index in [1.165, 1.54) is 25.9 Å². The van der Waals surface area contributed by atoms with E-state index in [2.05, 4.69) is 39.5 Å². The van der Waals surface area contributed by atoms with E-state index in [0.29, 0.717) is 10.0 Å². The zero-order chi connectivity index (χ0) is 19.4. The highest BCUT2D eigenvalue weighted by Gasteiger charge is 2.46. The van der Waals surface area contributed by atoms with Gasteiger partial charge in [0.15, 0.2) is 5.79 Å². The van der Waals surface area contributed by atoms with Crippen LogP contribution < -0.4 is 0 Å². The molecule has 1 aromatic carbocycles. The molecule has 0 amide bonds. The molecule has 0 radical (unpaired) electrons. The van der Waals surface area contributed by atoms with E-state index >= 15 is 0 Å². The van der Waals surface area contributed by atoms with Gasteiger partial charge in [-0.05, 0) is 50.4 Å². The van der Waals surface area contributed by atoms with Crippen LogP contribution in [0.4, 0.5) is 0 Å². The molecule has 0 saturated carbocycles. The van der Waals surface area contributed by atoms with E-state index < -0.39 is 5.79 Å². The fourth-order valence-electron chi connectivity index (χ4n) is 3.32. The van der Waals surface area contributed by atoms with Gasteiger partial charge in [0, 0.05) is 28.5 Å². The summed E-state index contributed by atoms with van der Waals surface area (Å²) in [4.78, 5) is 2.54. The third-order valence-corrected chi connectivity index (χ3v) is 5.76. The third kappa shape index (κ3) is 6.38. The summed E-state index contributed by atoms with van der Waals surface area (Å²) in [5.41, 5.74) is 0.0247. The van der Waals surface area contributed by atoms with Crippen LogP contribution in [0.5, 0.6) is 0 Å². The SMILES string of the molecule is CC1CCCN(CC2COC(C)(C(C)(C)C)O2)C1.Clc1cccc(Cl)c1. The monoisotopic (exact) mass is 401 g/mol. The van der Waals surface area contributed by atoms with Crippen molar-refractivity contribution in [1.29, 1.82) is 0 Å². The third-order valence-electron chi connectivity index (χ3n) is 5.29. The molecular formula is C21H33Cl2NO2. The first-order valence-corrected chi connectivity index (χ1v) is 10.3. The van der Waals surface area contributed by atoms with Crippen LogP contribution in [-0.4, -0.2) is 43.0 Å². The Balaban J connectivity index is 0.000000254. The second-order valence-corrected chi connectivity index (χ2v) is 9.57. The lowest BCUT2D eigenvalue weighted by atomic mass is 9.87. The average Bonchev–Trinajstić information content (AvgIpc) is 2.90. The minimum Gasteiger partial charge on any atom is -0.347 e. The quantitative estimate of drug-likeness (QED) is 0.616. The molecule has 0 N–H and O–H groups in total. The number of likely N-dealkylation sites (tertiary alicyclic amines) is 1. The van der Waals surface area contributed by atoms with Crippen molar-refractivity contribution in [2.45, 2.75) is 59.4 Å². The molecule has 3 rings (SSSR count). The van der Waals surface area contributed by atoms with Crippen molar-refractivity contribution in [2.24, 2.45) is 11.3 Å². The summed E-state index contributed by atoms with van der Waals surface area (Å²) in [5.74, 6) is 0.397. The largest absolute Gasteiger partial charge is 0.347 e. The Bertz CT molecular complexity index is 558. The highest BCUT2D eigenvalue weighted by atomic mass is 35.5. The van der Waals surface area contributed by atoms with Gasteiger partial charge in [-0.25, -0.2) is 0 Å². The summed E-state index contributed by atoms with van der Waals surface area (Å²) in [6.07, 6.45) is 2.93. The Morgan fingerprint density at radius 2 is 1.88 bits per heavy atom. The lowest BCUT2D eigenvalue weighted by molar-refractivity contribution is -0.218. The van der Waals surface area contributed by atoms with Gasteiger partial charge < -0.3 is 14.4 Å². The Kier molecular flexibility index (Phi) is 7.82. The molecule has 0 aromatic heterocycles. The Labute approximate surface area is 168 Å². The highest BCUT2D eigenvalue weighted by Crippen LogP contribution is 2.39. The van der Waals surface area contributed by atoms with Crippen LogP contribution in [0.2, 0.25) is 10.0 Å². The molecule has 148 valence electrons. The van der Waals surface area contributed by atoms with E-state index in [1.54, 1.807) is 18.2 Å². The fourth-order valence-corrected chi connectivity index (χ4v) is 3.76. The molecule has 5 heteroatoms. The first-order chi connectivity index (χ1) is 12.1. The number of rotatable bonds is 2. The second kappa shape index (κ2) is 9.25. The standard InChI is InChI=1S/C15H29NO2.C6H4Cl2/c1-12-7-6-8-16(9-12)10-13-11-17-15(5,18-13)14(2,3)4;7-5-2-1-3-6(8)4-5/h12-13H,6-11H2,1-5H3;1-4H. The molecule has 2 heterocycles. The summed E-state index contributed by atoms with van der Waals surface area (Å²) in [5, 5.41) is 1.36. The van der Waals surface area contributed by atoms with Crippen LogP contribution in [0.25, 0.3) is 0 Å². The van der Waals surface area contributed by atoms with Crippen molar-refractivity contribution in [3.63, 3.8) is 0 Å². The van der Waals surface area contributed by atoms with Gasteiger partial charge >= 0.3 is 0 Å². The molecule has 2 saturated heterocycles. The summed E-state index contributed by atoms with van der Waals surface area (Å²) >= 11 is 11.1. The van der Waals surface area contributed by atoms with Gasteiger partial charge in [-0.15, -0.1) is 0 Å². The summed E-state index contributed by atoms with van der Waals surface area (Å²) < 4.78 is 12.1. The summed E-state index contributed by atoms with van der Waals surface area (Å²) in [6.45, 7) is 15.1. The highest BCUT2D eigenvalue weighted by molar-refractivity contribution is 6.34. The van der Waals surface area contributed by atoms with E-state index in [0.717, 1.165) is 19.1 Å². The van der Waals surface area contributed by atoms with Gasteiger partial charge in [0.2, 0.25) is 0 Å². The zero-order valence-electron chi connectivity index (χ0n) is 16.7. The van der Waals surface area contributed by atoms with Gasteiger partial charge in [-0.3, -0.25) is 0 Å². The van der Waals surface area contributed by atoms with Gasteiger partial charge in [-0.1, -0.05) is 57.0 Å². The first-order valence-electron chi connectivity index (χ1n) is 9.54. The van der Waals surface area contributed by atoms with Crippen molar-refractivity contribution in [3.05, 3.63) is 34.3 Å². The van der Waals surface area contributed by atoms with Crippen molar-refractivity contribution in [2.75, 3.05) is 26.2 Å². The number of ether oxygens (including phenoxy) is 2. The molecule has 0 aliphatic carbocycles. The van der Waals surface area contributed by atoms with Crippen LogP contribution in [0.15, 0.2) is 24.3 Å². The molecule has 2 fully saturated rings. The smallest absolute Gasteiger partial charge is 0.170 e. The Morgan fingerprint density at radius 3 is 2.35 bits per heavy atom. The minimum absolute atomic E-state index is 0.0247. The van der Waals surface area contributed by atoms with Gasteiger partial charge in [0.1, 0.15) is 0 Å². The van der Waals surface area contributed by atoms with E-state index in [1.807, 2.05) is 6.07 Å². The van der Waals surface area contributed by atoms with Crippen molar-refractivity contribution < 1.29 is 9.47 Å². The number of halogens is 2. The minimum atomic E-state index is -0.431. The maximum atomic E-state index is 6.19. The maximum absolute atomic E-state index is 6.19. The molecule has 26 heavy (non-hydrogen) atoms. The van der Waals surface area contributed by atoms with E-state index in [4.69, 9.17) is 32.7 Å². The van der Waals surface area contributed by atoms with Crippen molar-refractivity contribution in [3.8, 4) is 0 Å². The first kappa shape index (κ1) is 22.0. The topological polar surface area (TPSA) is 21.7 Å². The second-order valence-electron chi connectivity index (χ2n) is 8.69. The Morgan fingerprint density at radius 1 is 1.23 bits per heavy atom. The summed E-state index contributed by atoms with van der Waals surface area (Å²) in [6, 6.07) is 7.08. The van der Waals surface area contributed by atoms with Gasteiger partial charge in [-0.2, -0.15) is 0 Å². The number of hydrogen-bond donors (Lipinski definition) is 0. The molecular weight excluding hydrogens is 369 g/mol. The zero-order valence-corrected chi connectivity index (χ0v) is 18.2. The van der Waals surface area contributed by atoms with E-state index in [9.17, 15) is 0 Å². The summed E-state index contributed by atoms with van der Waals surface area (Å²) in [7, 11) is 0. The fraction of sp³-hybridized carbons (Fsp3) is 0.714. The molecule has 3 atom stereocenters. The van der Waals surface area contributed by atoms with Crippen molar-refractivity contribution >= 4 is 23.2 Å².